The Morgan fingerprint density at radius 3 is 2.89 bits per heavy atom. The van der Waals surface area contributed by atoms with Gasteiger partial charge in [-0.3, -0.25) is 9.59 Å². The van der Waals surface area contributed by atoms with Crippen LogP contribution in [0.15, 0.2) is 18.2 Å². The number of amides is 2. The summed E-state index contributed by atoms with van der Waals surface area (Å²) in [6.45, 7) is 3.92. The maximum atomic E-state index is 11.9. The average Bonchev–Trinajstić information content (AvgIpc) is 2.85. The van der Waals surface area contributed by atoms with Crippen LogP contribution in [0.25, 0.3) is 6.08 Å². The summed E-state index contributed by atoms with van der Waals surface area (Å²) in [4.78, 5) is 30.4. The number of hydrogen-bond donors (Lipinski definition) is 3. The van der Waals surface area contributed by atoms with E-state index >= 15 is 0 Å². The quantitative estimate of drug-likeness (QED) is 0.677. The van der Waals surface area contributed by atoms with E-state index < -0.39 is 6.04 Å². The molecule has 0 aromatic carbocycles. The summed E-state index contributed by atoms with van der Waals surface area (Å²) in [5.74, 6) is -0.327. The molecule has 0 radical (unpaired) electrons. The van der Waals surface area contributed by atoms with E-state index in [1.165, 1.54) is 6.33 Å². The third kappa shape index (κ3) is 2.42. The first-order valence-corrected chi connectivity index (χ1v) is 5.93. The van der Waals surface area contributed by atoms with Crippen molar-refractivity contribution < 1.29 is 9.59 Å². The fourth-order valence-corrected chi connectivity index (χ4v) is 1.79. The van der Waals surface area contributed by atoms with Gasteiger partial charge in [-0.25, -0.2) is 4.98 Å². The van der Waals surface area contributed by atoms with E-state index in [4.69, 9.17) is 0 Å². The van der Waals surface area contributed by atoms with Crippen LogP contribution in [0.2, 0.25) is 0 Å². The zero-order valence-corrected chi connectivity index (χ0v) is 10.4. The molecule has 1 aliphatic heterocycles. The molecule has 0 spiro atoms. The van der Waals surface area contributed by atoms with Gasteiger partial charge in [0.2, 0.25) is 5.91 Å². The van der Waals surface area contributed by atoms with Crippen molar-refractivity contribution in [2.75, 3.05) is 0 Å². The lowest BCUT2D eigenvalue weighted by atomic mass is 9.96. The molecule has 1 aliphatic rings. The van der Waals surface area contributed by atoms with Crippen LogP contribution >= 0.6 is 0 Å². The number of hydrogen-bond acceptors (Lipinski definition) is 3. The minimum Gasteiger partial charge on any atom is -0.345 e. The first-order chi connectivity index (χ1) is 8.61. The van der Waals surface area contributed by atoms with Crippen LogP contribution in [0.4, 0.5) is 0 Å². The lowest BCUT2D eigenvalue weighted by molar-refractivity contribution is -0.132. The molecule has 6 heteroatoms. The fraction of sp³-hybridized carbons (Fsp3) is 0.417. The van der Waals surface area contributed by atoms with Gasteiger partial charge in [-0.2, -0.15) is 0 Å². The summed E-state index contributed by atoms with van der Waals surface area (Å²) in [5.41, 5.74) is 0.909. The molecular weight excluding hydrogens is 232 g/mol. The summed E-state index contributed by atoms with van der Waals surface area (Å²) in [6.07, 6.45) is 5.48. The SMILES string of the molecule is CC[C@H](C)[C@H]1NC(=O)C(=Cc2cnc[nH]2)NC1=O. The standard InChI is InChI=1S/C12H16N4O2/c1-3-7(2)10-12(18)15-9(11(17)16-10)4-8-5-13-6-14-8/h4-7,10H,3H2,1-2H3,(H,13,14)(H,15,18)(H,16,17)/t7-,10+/m0/s1. The lowest BCUT2D eigenvalue weighted by Crippen LogP contribution is -2.57. The first-order valence-electron chi connectivity index (χ1n) is 5.93. The lowest BCUT2D eigenvalue weighted by Gasteiger charge is -2.28. The minimum absolute atomic E-state index is 0.114. The van der Waals surface area contributed by atoms with Gasteiger partial charge < -0.3 is 15.6 Å². The number of H-pyrrole nitrogens is 1. The third-order valence-electron chi connectivity index (χ3n) is 3.10. The van der Waals surface area contributed by atoms with Gasteiger partial charge in [-0.1, -0.05) is 20.3 Å². The number of imidazole rings is 1. The van der Waals surface area contributed by atoms with Crippen LogP contribution in [-0.4, -0.2) is 27.8 Å². The first kappa shape index (κ1) is 12.3. The summed E-state index contributed by atoms with van der Waals surface area (Å²) in [6, 6.07) is -0.457. The molecule has 2 rings (SSSR count). The van der Waals surface area contributed by atoms with Crippen LogP contribution in [0.3, 0.4) is 0 Å². The van der Waals surface area contributed by atoms with Gasteiger partial charge in [0.15, 0.2) is 0 Å². The molecule has 0 aliphatic carbocycles. The van der Waals surface area contributed by atoms with Gasteiger partial charge in [0.1, 0.15) is 11.7 Å². The molecule has 1 saturated heterocycles. The number of nitrogens with zero attached hydrogens (tertiary/aromatic N) is 1. The van der Waals surface area contributed by atoms with E-state index in [1.807, 2.05) is 13.8 Å². The highest BCUT2D eigenvalue weighted by atomic mass is 16.2. The second-order valence-corrected chi connectivity index (χ2v) is 4.39. The number of piperazine rings is 1. The Balaban J connectivity index is 2.15. The third-order valence-corrected chi connectivity index (χ3v) is 3.10. The zero-order valence-electron chi connectivity index (χ0n) is 10.4. The van der Waals surface area contributed by atoms with E-state index in [0.29, 0.717) is 5.69 Å². The maximum absolute atomic E-state index is 11.9. The molecular formula is C12H16N4O2. The van der Waals surface area contributed by atoms with Crippen molar-refractivity contribution in [3.05, 3.63) is 23.9 Å². The summed E-state index contributed by atoms with van der Waals surface area (Å²) in [5, 5.41) is 5.36. The minimum atomic E-state index is -0.457. The number of rotatable bonds is 3. The second-order valence-electron chi connectivity index (χ2n) is 4.39. The normalized spacial score (nSPS) is 23.7. The molecule has 1 aromatic rings. The molecule has 2 heterocycles. The van der Waals surface area contributed by atoms with Gasteiger partial charge in [0.25, 0.3) is 5.91 Å². The molecule has 2 atom stereocenters. The fourth-order valence-electron chi connectivity index (χ4n) is 1.79. The highest BCUT2D eigenvalue weighted by Gasteiger charge is 2.32. The van der Waals surface area contributed by atoms with Gasteiger partial charge in [-0.15, -0.1) is 0 Å². The molecule has 6 nitrogen and oxygen atoms in total. The van der Waals surface area contributed by atoms with Gasteiger partial charge in [0.05, 0.1) is 18.2 Å². The average molecular weight is 248 g/mol. The molecule has 2 amide bonds. The van der Waals surface area contributed by atoms with Crippen LogP contribution in [0, 0.1) is 5.92 Å². The van der Waals surface area contributed by atoms with Crippen LogP contribution in [-0.2, 0) is 9.59 Å². The molecule has 1 fully saturated rings. The molecule has 96 valence electrons. The Morgan fingerprint density at radius 2 is 2.28 bits per heavy atom. The monoisotopic (exact) mass is 248 g/mol. The van der Waals surface area contributed by atoms with Crippen molar-refractivity contribution in [1.29, 1.82) is 0 Å². The van der Waals surface area contributed by atoms with Crippen molar-refractivity contribution in [3.63, 3.8) is 0 Å². The molecule has 18 heavy (non-hydrogen) atoms. The van der Waals surface area contributed by atoms with E-state index in [2.05, 4.69) is 20.6 Å². The van der Waals surface area contributed by atoms with E-state index in [1.54, 1.807) is 12.3 Å². The van der Waals surface area contributed by atoms with Crippen molar-refractivity contribution in [1.82, 2.24) is 20.6 Å². The highest BCUT2D eigenvalue weighted by Crippen LogP contribution is 2.13. The molecule has 0 bridgehead atoms. The largest absolute Gasteiger partial charge is 0.345 e. The predicted molar refractivity (Wildman–Crippen MR) is 66.1 cm³/mol. The van der Waals surface area contributed by atoms with Crippen molar-refractivity contribution in [2.45, 2.75) is 26.3 Å². The number of nitrogens with one attached hydrogen (secondary N) is 3. The summed E-state index contributed by atoms with van der Waals surface area (Å²) >= 11 is 0. The molecule has 0 saturated carbocycles. The van der Waals surface area contributed by atoms with Gasteiger partial charge in [-0.05, 0) is 12.0 Å². The molecule has 1 aromatic heterocycles. The van der Waals surface area contributed by atoms with Crippen molar-refractivity contribution in [2.24, 2.45) is 5.92 Å². The zero-order chi connectivity index (χ0) is 13.1. The van der Waals surface area contributed by atoms with Crippen LogP contribution in [0.5, 0.6) is 0 Å². The number of carbonyl (C=O) groups is 2. The topological polar surface area (TPSA) is 86.9 Å². The molecule has 3 N–H and O–H groups in total. The van der Waals surface area contributed by atoms with Crippen molar-refractivity contribution >= 4 is 17.9 Å². The summed E-state index contributed by atoms with van der Waals surface area (Å²) in [7, 11) is 0. The summed E-state index contributed by atoms with van der Waals surface area (Å²) < 4.78 is 0. The van der Waals surface area contributed by atoms with Crippen LogP contribution in [0.1, 0.15) is 26.0 Å². The Hall–Kier alpha value is -2.11. The van der Waals surface area contributed by atoms with E-state index in [0.717, 1.165) is 6.42 Å². The van der Waals surface area contributed by atoms with E-state index in [9.17, 15) is 9.59 Å². The predicted octanol–water partition coefficient (Wildman–Crippen LogP) is 0.411. The Labute approximate surface area is 105 Å². The van der Waals surface area contributed by atoms with Crippen molar-refractivity contribution in [3.8, 4) is 0 Å². The molecule has 0 unspecified atom stereocenters. The Bertz CT molecular complexity index is 478. The Kier molecular flexibility index (Phi) is 3.45. The number of aromatic amines is 1. The van der Waals surface area contributed by atoms with E-state index in [-0.39, 0.29) is 23.4 Å². The van der Waals surface area contributed by atoms with Gasteiger partial charge >= 0.3 is 0 Å². The number of aromatic nitrogens is 2. The maximum Gasteiger partial charge on any atom is 0.268 e. The highest BCUT2D eigenvalue weighted by molar-refractivity contribution is 6.07. The number of carbonyl (C=O) groups excluding carboxylic acids is 2. The van der Waals surface area contributed by atoms with Crippen LogP contribution < -0.4 is 10.6 Å². The second kappa shape index (κ2) is 5.03. The smallest absolute Gasteiger partial charge is 0.268 e. The van der Waals surface area contributed by atoms with Gasteiger partial charge in [0, 0.05) is 0 Å². The Morgan fingerprint density at radius 1 is 1.50 bits per heavy atom.